The molecule has 0 spiro atoms. The Morgan fingerprint density at radius 1 is 0.941 bits per heavy atom. The van der Waals surface area contributed by atoms with Crippen LogP contribution in [0.15, 0.2) is 72.8 Å². The van der Waals surface area contributed by atoms with Crippen LogP contribution in [0.2, 0.25) is 5.02 Å². The molecule has 0 bridgehead atoms. The van der Waals surface area contributed by atoms with E-state index in [1.165, 1.54) is 5.69 Å². The second kappa shape index (κ2) is 11.1. The quantitative estimate of drug-likeness (QED) is 0.454. The molecule has 1 aliphatic rings. The van der Waals surface area contributed by atoms with E-state index in [2.05, 4.69) is 21.9 Å². The summed E-state index contributed by atoms with van der Waals surface area (Å²) in [5.41, 5.74) is 2.15. The van der Waals surface area contributed by atoms with E-state index in [1.807, 2.05) is 42.5 Å². The van der Waals surface area contributed by atoms with Crippen molar-refractivity contribution in [2.24, 2.45) is 0 Å². The molecule has 3 aromatic rings. The molecule has 1 fully saturated rings. The third-order valence-corrected chi connectivity index (χ3v) is 7.17. The highest BCUT2D eigenvalue weighted by molar-refractivity contribution is 6.30. The largest absolute Gasteiger partial charge is 0.508 e. The highest BCUT2D eigenvalue weighted by Crippen LogP contribution is 2.42. The van der Waals surface area contributed by atoms with Gasteiger partial charge in [0.2, 0.25) is 0 Å². The Labute approximate surface area is 207 Å². The van der Waals surface area contributed by atoms with Crippen LogP contribution < -0.4 is 9.64 Å². The molecular weight excluding hydrogens is 448 g/mol. The van der Waals surface area contributed by atoms with Crippen molar-refractivity contribution in [2.45, 2.75) is 18.3 Å². The van der Waals surface area contributed by atoms with Crippen LogP contribution in [0.4, 0.5) is 5.69 Å². The molecule has 34 heavy (non-hydrogen) atoms. The molecule has 0 radical (unpaired) electrons. The zero-order chi connectivity index (χ0) is 24.0. The minimum absolute atomic E-state index is 0.103. The van der Waals surface area contributed by atoms with Gasteiger partial charge >= 0.3 is 0 Å². The fourth-order valence-electron chi connectivity index (χ4n) is 4.98. The summed E-state index contributed by atoms with van der Waals surface area (Å²) in [6.45, 7) is 4.72. The second-order valence-electron chi connectivity index (χ2n) is 8.90. The van der Waals surface area contributed by atoms with E-state index in [0.29, 0.717) is 17.0 Å². The van der Waals surface area contributed by atoms with Crippen molar-refractivity contribution in [3.8, 4) is 11.5 Å². The molecule has 4 rings (SSSR count). The van der Waals surface area contributed by atoms with Gasteiger partial charge < -0.3 is 19.8 Å². The number of hydrogen-bond acceptors (Lipinski definition) is 5. The maximum absolute atomic E-state index is 10.7. The van der Waals surface area contributed by atoms with Gasteiger partial charge in [0.25, 0.3) is 0 Å². The van der Waals surface area contributed by atoms with Gasteiger partial charge in [0.15, 0.2) is 0 Å². The number of aliphatic hydroxyl groups is 1. The number of hydrogen-bond donors (Lipinski definition) is 2. The molecule has 0 saturated carbocycles. The zero-order valence-corrected chi connectivity index (χ0v) is 20.4. The lowest BCUT2D eigenvalue weighted by Gasteiger charge is -2.38. The summed E-state index contributed by atoms with van der Waals surface area (Å²) in [5, 5.41) is 21.9. The highest BCUT2D eigenvalue weighted by atomic mass is 35.5. The van der Waals surface area contributed by atoms with Gasteiger partial charge in [-0.1, -0.05) is 48.0 Å². The predicted octanol–water partition coefficient (Wildman–Crippen LogP) is 4.94. The molecule has 180 valence electrons. The lowest BCUT2D eigenvalue weighted by molar-refractivity contribution is 0.192. The van der Waals surface area contributed by atoms with Crippen LogP contribution >= 0.6 is 11.6 Å². The van der Waals surface area contributed by atoms with E-state index in [9.17, 15) is 10.2 Å². The summed E-state index contributed by atoms with van der Waals surface area (Å²) in [6.07, 6.45) is 1.60. The normalized spacial score (nSPS) is 16.3. The summed E-state index contributed by atoms with van der Waals surface area (Å²) in [5.74, 6) is 1.04. The summed E-state index contributed by atoms with van der Waals surface area (Å²) < 4.78 is 5.37. The van der Waals surface area contributed by atoms with Crippen LogP contribution in [-0.4, -0.2) is 61.6 Å². The van der Waals surface area contributed by atoms with Crippen molar-refractivity contribution in [1.29, 1.82) is 0 Å². The first-order valence-electron chi connectivity index (χ1n) is 11.8. The first-order chi connectivity index (χ1) is 16.6. The molecule has 1 saturated heterocycles. The van der Waals surface area contributed by atoms with E-state index in [1.54, 1.807) is 25.3 Å². The monoisotopic (exact) mass is 480 g/mol. The first-order valence-corrected chi connectivity index (χ1v) is 12.2. The second-order valence-corrected chi connectivity index (χ2v) is 9.34. The number of phenols is 1. The lowest BCUT2D eigenvalue weighted by Crippen LogP contribution is -2.47. The number of anilines is 1. The third-order valence-electron chi connectivity index (χ3n) is 6.94. The number of aliphatic hydroxyl groups excluding tert-OH is 1. The van der Waals surface area contributed by atoms with Crippen LogP contribution in [0.25, 0.3) is 0 Å². The number of nitrogens with zero attached hydrogens (tertiary/aromatic N) is 2. The lowest BCUT2D eigenvalue weighted by atomic mass is 9.71. The van der Waals surface area contributed by atoms with E-state index >= 15 is 0 Å². The predicted molar refractivity (Wildman–Crippen MR) is 138 cm³/mol. The number of rotatable bonds is 9. The molecule has 1 aliphatic heterocycles. The SMILES string of the molecule is COc1cccc(N2CCN(CCC[C@@](CO)(c3ccccc3)c3cc(Cl)ccc3O)CC2)c1. The van der Waals surface area contributed by atoms with Gasteiger partial charge in [0.05, 0.1) is 13.7 Å². The van der Waals surface area contributed by atoms with Gasteiger partial charge in [0, 0.05) is 53.9 Å². The van der Waals surface area contributed by atoms with Crippen LogP contribution in [-0.2, 0) is 5.41 Å². The molecular formula is C28H33ClN2O3. The molecule has 1 atom stereocenters. The Bertz CT molecular complexity index is 1070. The van der Waals surface area contributed by atoms with Gasteiger partial charge in [-0.15, -0.1) is 0 Å². The molecule has 1 heterocycles. The smallest absolute Gasteiger partial charge is 0.120 e. The standard InChI is InChI=1S/C28H33ClN2O3/c1-34-25-10-5-9-24(20-25)31-17-15-30(16-18-31)14-6-13-28(21-32,22-7-3-2-4-8-22)26-19-23(29)11-12-27(26)33/h2-5,7-12,19-20,32-33H,6,13-18,21H2,1H3/t28-/m1/s1. The fraction of sp³-hybridized carbons (Fsp3) is 0.357. The van der Waals surface area contributed by atoms with Crippen molar-refractivity contribution in [3.63, 3.8) is 0 Å². The van der Waals surface area contributed by atoms with Gasteiger partial charge in [-0.2, -0.15) is 0 Å². The average molecular weight is 481 g/mol. The number of piperazine rings is 1. The number of phenolic OH excluding ortho intramolecular Hbond substituents is 1. The summed E-state index contributed by atoms with van der Waals surface area (Å²) in [6, 6.07) is 23.2. The summed E-state index contributed by atoms with van der Waals surface area (Å²) in [4.78, 5) is 4.87. The molecule has 0 aliphatic carbocycles. The van der Waals surface area contributed by atoms with Crippen molar-refractivity contribution >= 4 is 17.3 Å². The van der Waals surface area contributed by atoms with E-state index in [0.717, 1.165) is 50.5 Å². The fourth-order valence-corrected chi connectivity index (χ4v) is 5.15. The number of ether oxygens (including phenoxy) is 1. The molecule has 5 nitrogen and oxygen atoms in total. The minimum atomic E-state index is -0.710. The van der Waals surface area contributed by atoms with E-state index in [-0.39, 0.29) is 12.4 Å². The molecule has 3 aromatic carbocycles. The van der Waals surface area contributed by atoms with Gasteiger partial charge in [-0.25, -0.2) is 0 Å². The Hall–Kier alpha value is -2.73. The molecule has 0 amide bonds. The topological polar surface area (TPSA) is 56.2 Å². The minimum Gasteiger partial charge on any atom is -0.508 e. The maximum atomic E-state index is 10.7. The molecule has 0 aromatic heterocycles. The van der Waals surface area contributed by atoms with Crippen LogP contribution in [0.5, 0.6) is 11.5 Å². The zero-order valence-electron chi connectivity index (χ0n) is 19.7. The average Bonchev–Trinajstić information content (AvgIpc) is 2.89. The first kappa shape index (κ1) is 24.4. The number of halogens is 1. The Morgan fingerprint density at radius 2 is 1.71 bits per heavy atom. The van der Waals surface area contributed by atoms with Crippen LogP contribution in [0, 0.1) is 0 Å². The molecule has 2 N–H and O–H groups in total. The van der Waals surface area contributed by atoms with E-state index in [4.69, 9.17) is 16.3 Å². The molecule has 0 unspecified atom stereocenters. The van der Waals surface area contributed by atoms with E-state index < -0.39 is 5.41 Å². The van der Waals surface area contributed by atoms with Crippen LogP contribution in [0.3, 0.4) is 0 Å². The summed E-state index contributed by atoms with van der Waals surface area (Å²) in [7, 11) is 1.70. The van der Waals surface area contributed by atoms with Gasteiger partial charge in [-0.3, -0.25) is 4.90 Å². The number of aromatic hydroxyl groups is 1. The number of benzene rings is 3. The maximum Gasteiger partial charge on any atom is 0.120 e. The highest BCUT2D eigenvalue weighted by Gasteiger charge is 2.36. The van der Waals surface area contributed by atoms with Crippen molar-refractivity contribution in [1.82, 2.24) is 4.90 Å². The van der Waals surface area contributed by atoms with Crippen LogP contribution in [0.1, 0.15) is 24.0 Å². The summed E-state index contributed by atoms with van der Waals surface area (Å²) >= 11 is 6.29. The van der Waals surface area contributed by atoms with Crippen molar-refractivity contribution in [2.75, 3.05) is 51.3 Å². The van der Waals surface area contributed by atoms with Crippen molar-refractivity contribution < 1.29 is 14.9 Å². The Morgan fingerprint density at radius 3 is 2.41 bits per heavy atom. The number of methoxy groups -OCH3 is 1. The van der Waals surface area contributed by atoms with Gasteiger partial charge in [-0.05, 0) is 55.3 Å². The van der Waals surface area contributed by atoms with Gasteiger partial charge in [0.1, 0.15) is 11.5 Å². The van der Waals surface area contributed by atoms with Crippen molar-refractivity contribution in [3.05, 3.63) is 88.9 Å². The molecule has 6 heteroatoms. The Balaban J connectivity index is 1.43. The third kappa shape index (κ3) is 5.33. The Kier molecular flexibility index (Phi) is 7.99.